The number of nitrogens with one attached hydrogen (secondary N) is 4. The van der Waals surface area contributed by atoms with Crippen LogP contribution in [-0.4, -0.2) is 247 Å². The molecule has 32 heteroatoms. The molecule has 7 aromatic rings. The minimum atomic E-state index is -3.43. The predicted octanol–water partition coefficient (Wildman–Crippen LogP) is 5.33. The van der Waals surface area contributed by atoms with E-state index in [1.807, 2.05) is 159 Å². The van der Waals surface area contributed by atoms with Gasteiger partial charge in [-0.1, -0.05) is 140 Å². The Kier molecular flexibility index (Phi) is 40.3. The summed E-state index contributed by atoms with van der Waals surface area (Å²) in [6.45, 7) is 8.60. The van der Waals surface area contributed by atoms with Crippen LogP contribution >= 0.6 is 0 Å². The first-order chi connectivity index (χ1) is 54.3. The minimum absolute atomic E-state index is 0.0164. The summed E-state index contributed by atoms with van der Waals surface area (Å²) in [4.78, 5) is 58.9. The molecule has 4 aromatic carbocycles. The van der Waals surface area contributed by atoms with Gasteiger partial charge in [0.25, 0.3) is 26.8 Å². The number of hydrogen-bond acceptors (Lipinski definition) is 28. The van der Waals surface area contributed by atoms with Gasteiger partial charge in [0.2, 0.25) is 0 Å². The Hall–Kier alpha value is -8.56. The molecule has 7 aliphatic rings. The number of fused-ring (bicyclic) bond motifs is 3. The Balaban J connectivity index is 0.000000185. The number of nitrogens with zero attached hydrogens (tertiary/aromatic N) is 6. The molecule has 0 amide bonds. The van der Waals surface area contributed by atoms with Crippen molar-refractivity contribution in [3.05, 3.63) is 246 Å². The van der Waals surface area contributed by atoms with Crippen molar-refractivity contribution in [3.63, 3.8) is 0 Å². The maximum Gasteiger partial charge on any atom is 0.264 e. The SMILES string of the molecule is C=NO.CN(CC1=CCc2c1nc[nH]c2=O)CC(O)CCO.CN(CC1=CCc2c1nc[nH]c2=O)CC1CCOC(c2ccccc2)O1.CNCC1CCOC(c2ccccc2)O1.CS(=O)(=O)OCC1CCOC(c2ccccc2)O1.O=c1[nH]cnc2c1CC=C2.OCC1CCOC(c2ccccc2)O1.OCCC(O)CO. The third kappa shape index (κ3) is 31.4. The van der Waals surface area contributed by atoms with Crippen molar-refractivity contribution in [1.82, 2.24) is 45.0 Å². The number of aliphatic hydroxyl groups is 6. The third-order valence-electron chi connectivity index (χ3n) is 17.7. The van der Waals surface area contributed by atoms with E-state index in [-0.39, 0.29) is 99.4 Å². The summed E-state index contributed by atoms with van der Waals surface area (Å²) < 4.78 is 72.1. The van der Waals surface area contributed by atoms with Gasteiger partial charge in [0.15, 0.2) is 25.2 Å². The zero-order chi connectivity index (χ0) is 80.5. The number of ether oxygens (including phenoxy) is 8. The van der Waals surface area contributed by atoms with E-state index in [1.54, 1.807) is 0 Å². The van der Waals surface area contributed by atoms with Gasteiger partial charge in [-0.05, 0) is 96.2 Å². The quantitative estimate of drug-likeness (QED) is 0.0167. The van der Waals surface area contributed by atoms with Crippen LogP contribution in [0.2, 0.25) is 0 Å². The summed E-state index contributed by atoms with van der Waals surface area (Å²) >= 11 is 0. The van der Waals surface area contributed by atoms with Crippen LogP contribution in [0.4, 0.5) is 0 Å². The summed E-state index contributed by atoms with van der Waals surface area (Å²) in [6, 6.07) is 39.4. The van der Waals surface area contributed by atoms with Crippen LogP contribution in [0.25, 0.3) is 17.2 Å². The van der Waals surface area contributed by atoms with Crippen molar-refractivity contribution in [2.75, 3.05) is 120 Å². The summed E-state index contributed by atoms with van der Waals surface area (Å²) in [5.74, 6) is 0. The first-order valence-corrected chi connectivity index (χ1v) is 38.9. The highest BCUT2D eigenvalue weighted by atomic mass is 32.2. The molecule has 0 spiro atoms. The molecule has 10 atom stereocenters. The number of aliphatic hydroxyl groups excluding tert-OH is 6. The molecule has 0 bridgehead atoms. The second kappa shape index (κ2) is 49.8. The number of aromatic nitrogens is 6. The lowest BCUT2D eigenvalue weighted by molar-refractivity contribution is -0.224. The second-order valence-corrected chi connectivity index (χ2v) is 28.2. The Morgan fingerprint density at radius 1 is 0.562 bits per heavy atom. The van der Waals surface area contributed by atoms with Gasteiger partial charge in [-0.15, -0.1) is 5.16 Å². The fourth-order valence-electron chi connectivity index (χ4n) is 12.1. The molecule has 11 N–H and O–H groups in total. The second-order valence-electron chi connectivity index (χ2n) is 26.6. The number of hydrogen-bond donors (Lipinski definition) is 11. The number of H-pyrrole nitrogens is 3. The number of likely N-dealkylation sites (N-methyl/N-ethyl adjacent to an activating group) is 3. The molecule has 112 heavy (non-hydrogen) atoms. The van der Waals surface area contributed by atoms with E-state index in [9.17, 15) is 27.9 Å². The van der Waals surface area contributed by atoms with Crippen LogP contribution in [0, 0.1) is 0 Å². The molecule has 4 aliphatic heterocycles. The van der Waals surface area contributed by atoms with E-state index in [0.717, 1.165) is 120 Å². The maximum absolute atomic E-state index is 11.9. The lowest BCUT2D eigenvalue weighted by atomic mass is 10.1. The molecule has 4 saturated heterocycles. The van der Waals surface area contributed by atoms with Crippen LogP contribution in [-0.2, 0) is 71.5 Å². The van der Waals surface area contributed by atoms with Crippen molar-refractivity contribution >= 4 is 34.1 Å². The predicted molar refractivity (Wildman–Crippen MR) is 420 cm³/mol. The van der Waals surface area contributed by atoms with Crippen LogP contribution in [0.1, 0.15) is 120 Å². The minimum Gasteiger partial charge on any atom is -0.411 e. The van der Waals surface area contributed by atoms with Gasteiger partial charge in [0, 0.05) is 91.6 Å². The molecule has 10 unspecified atom stereocenters. The van der Waals surface area contributed by atoms with Crippen LogP contribution < -0.4 is 22.0 Å². The van der Waals surface area contributed by atoms with Crippen LogP contribution in [0.15, 0.2) is 178 Å². The van der Waals surface area contributed by atoms with Gasteiger partial charge in [-0.25, -0.2) is 15.0 Å². The molecule has 3 aliphatic carbocycles. The highest BCUT2D eigenvalue weighted by molar-refractivity contribution is 7.86. The largest absolute Gasteiger partial charge is 0.411 e. The third-order valence-corrected chi connectivity index (χ3v) is 18.3. The topological polar surface area (TPSA) is 427 Å². The van der Waals surface area contributed by atoms with E-state index in [1.165, 1.54) is 19.0 Å². The lowest BCUT2D eigenvalue weighted by Crippen LogP contribution is -2.37. The van der Waals surface area contributed by atoms with Gasteiger partial charge in [-0.2, -0.15) is 8.42 Å². The van der Waals surface area contributed by atoms with E-state index < -0.39 is 28.6 Å². The molecular weight excluding hydrogens is 1470 g/mol. The van der Waals surface area contributed by atoms with E-state index in [2.05, 4.69) is 65.1 Å². The number of oxime groups is 1. The maximum atomic E-state index is 11.9. The zero-order valence-corrected chi connectivity index (χ0v) is 64.6. The number of allylic oxidation sites excluding steroid dienone is 3. The van der Waals surface area contributed by atoms with Crippen molar-refractivity contribution < 1.29 is 86.3 Å². The van der Waals surface area contributed by atoms with E-state index in [0.29, 0.717) is 64.2 Å². The van der Waals surface area contributed by atoms with Crippen molar-refractivity contribution in [2.45, 2.75) is 120 Å². The average molecular weight is 1580 g/mol. The molecule has 0 radical (unpaired) electrons. The zero-order valence-electron chi connectivity index (χ0n) is 63.8. The van der Waals surface area contributed by atoms with E-state index in [4.69, 9.17) is 72.8 Å². The summed E-state index contributed by atoms with van der Waals surface area (Å²) in [5.41, 5.74) is 10.7. The normalized spacial score (nSPS) is 21.0. The number of aromatic amines is 3. The smallest absolute Gasteiger partial charge is 0.264 e. The van der Waals surface area contributed by atoms with E-state index >= 15 is 0 Å². The highest BCUT2D eigenvalue weighted by Gasteiger charge is 2.30. The molecule has 3 aromatic heterocycles. The van der Waals surface area contributed by atoms with Gasteiger partial charge < -0.3 is 94.0 Å². The number of rotatable bonds is 23. The summed E-state index contributed by atoms with van der Waals surface area (Å²) in [5, 5.41) is 64.5. The fourth-order valence-corrected chi connectivity index (χ4v) is 12.5. The molecule has 610 valence electrons. The Labute approximate surface area is 652 Å². The van der Waals surface area contributed by atoms with Gasteiger partial charge in [0.1, 0.15) is 0 Å². The van der Waals surface area contributed by atoms with Gasteiger partial charge in [0.05, 0.1) is 125 Å². The molecular formula is C80H108N10O21S. The number of benzene rings is 4. The highest BCUT2D eigenvalue weighted by Crippen LogP contribution is 2.31. The first kappa shape index (κ1) is 90.6. The van der Waals surface area contributed by atoms with Gasteiger partial charge in [-0.3, -0.25) is 28.4 Å². The molecule has 14 rings (SSSR count). The standard InChI is InChI=1S/C20H23N3O3.C13H19N3O3.C12H17NO2.C12H16O5S.C11H14O3.C7H6N2O.C4H10O3.CH3NO/c1-23(11-15-7-8-17-18(15)21-13-22-19(17)24)12-16-9-10-25-20(26-16)14-5-3-2-4-6-14;1-16(7-10(18)4-5-17)6-9-2-3-11-12(9)14-8-15-13(11)19;1-13-9-11-7-8-14-12(15-11)10-5-3-2-4-6-10;1-18(13,14)16-9-11-7-8-15-12(17-11)10-5-3-2-4-6-10;12-8-10-6-7-13-11(14-10)9-4-2-1-3-5-9;10-7-5-2-1-3-6(5)8-4-9-7;5-2-1-4(7)3-6;1-2-3/h2-7,13,16,20H,8-12H2,1H3,(H,21,22,24);2,8,10,17-18H,3-7H2,1H3,(H,14,15,19);2-6,11-13H,7-9H2,1H3;2-6,11-12H,7-9H2,1H3;1-5,10-12H,6-8H2;1,3-4H,2H2,(H,8,9,10);4-7H,1-3H2;3H,1H2. The average Bonchev–Trinajstić information content (AvgIpc) is 1.66. The van der Waals surface area contributed by atoms with Crippen molar-refractivity contribution in [1.29, 1.82) is 0 Å². The summed E-state index contributed by atoms with van der Waals surface area (Å²) in [6.07, 6.45) is 16.6. The Morgan fingerprint density at radius 2 is 0.955 bits per heavy atom. The molecule has 7 heterocycles. The summed E-state index contributed by atoms with van der Waals surface area (Å²) in [7, 11) is 2.48. The van der Waals surface area contributed by atoms with Crippen LogP contribution in [0.3, 0.4) is 0 Å². The van der Waals surface area contributed by atoms with Crippen molar-refractivity contribution in [3.8, 4) is 0 Å². The molecule has 0 saturated carbocycles. The van der Waals surface area contributed by atoms with Gasteiger partial charge >= 0.3 is 0 Å². The first-order valence-electron chi connectivity index (χ1n) is 37.1. The van der Waals surface area contributed by atoms with Crippen molar-refractivity contribution in [2.24, 2.45) is 5.16 Å². The Bertz CT molecular complexity index is 4240. The fraction of sp³-hybridized carbons (Fsp3) is 0.463. The van der Waals surface area contributed by atoms with Crippen LogP contribution in [0.5, 0.6) is 0 Å². The molecule has 31 nitrogen and oxygen atoms in total. The monoisotopic (exact) mass is 1580 g/mol. The Morgan fingerprint density at radius 3 is 1.38 bits per heavy atom. The lowest BCUT2D eigenvalue weighted by Gasteiger charge is -2.33. The molecule has 4 fully saturated rings.